The summed E-state index contributed by atoms with van der Waals surface area (Å²) in [4.78, 5) is 35.9. The maximum absolute atomic E-state index is 12.1. The molecule has 1 atom stereocenters. The lowest BCUT2D eigenvalue weighted by Crippen LogP contribution is -2.36. The Kier molecular flexibility index (Phi) is 7.35. The fourth-order valence-corrected chi connectivity index (χ4v) is 3.72. The lowest BCUT2D eigenvalue weighted by atomic mass is 9.94. The van der Waals surface area contributed by atoms with Gasteiger partial charge in [-0.1, -0.05) is 33.1 Å². The molecule has 0 aromatic heterocycles. The second-order valence-electron chi connectivity index (χ2n) is 7.66. The Morgan fingerprint density at radius 1 is 1.14 bits per heavy atom. The summed E-state index contributed by atoms with van der Waals surface area (Å²) in [6.07, 6.45) is 5.03. The number of anilines is 2. The number of ether oxygens (including phenoxy) is 1. The van der Waals surface area contributed by atoms with Gasteiger partial charge in [0, 0.05) is 13.1 Å². The van der Waals surface area contributed by atoms with Gasteiger partial charge in [0.2, 0.25) is 0 Å². The third kappa shape index (κ3) is 5.12. The molecule has 1 aliphatic carbocycles. The summed E-state index contributed by atoms with van der Waals surface area (Å²) in [5.41, 5.74) is -0.425. The van der Waals surface area contributed by atoms with E-state index in [9.17, 15) is 25.0 Å². The molecule has 0 aliphatic heterocycles. The van der Waals surface area contributed by atoms with E-state index in [0.29, 0.717) is 5.69 Å². The molecule has 1 saturated carbocycles. The molecule has 0 amide bonds. The highest BCUT2D eigenvalue weighted by Crippen LogP contribution is 2.40. The number of nitrogens with zero attached hydrogens (tertiary/aromatic N) is 3. The van der Waals surface area contributed by atoms with E-state index in [-0.39, 0.29) is 23.3 Å². The Morgan fingerprint density at radius 3 is 2.21 bits per heavy atom. The van der Waals surface area contributed by atoms with Crippen molar-refractivity contribution in [2.75, 3.05) is 24.4 Å². The van der Waals surface area contributed by atoms with Gasteiger partial charge in [0.25, 0.3) is 11.4 Å². The fraction of sp³-hybridized carbons (Fsp3) is 0.632. The number of rotatable bonds is 8. The fourth-order valence-electron chi connectivity index (χ4n) is 3.72. The SMILES string of the molecule is COC(=O)C(Nc1cc(N(C)C2CCCCC2)c([N+](=O)[O-])cc1[N+](=O)[O-])C(C)C. The summed E-state index contributed by atoms with van der Waals surface area (Å²) < 4.78 is 4.79. The maximum atomic E-state index is 12.1. The van der Waals surface area contributed by atoms with Gasteiger partial charge in [-0.25, -0.2) is 4.79 Å². The van der Waals surface area contributed by atoms with Crippen molar-refractivity contribution in [1.29, 1.82) is 0 Å². The lowest BCUT2D eigenvalue weighted by molar-refractivity contribution is -0.393. The monoisotopic (exact) mass is 408 g/mol. The van der Waals surface area contributed by atoms with Crippen LogP contribution in [0, 0.1) is 26.1 Å². The van der Waals surface area contributed by atoms with E-state index in [1.54, 1.807) is 20.9 Å². The molecule has 10 heteroatoms. The van der Waals surface area contributed by atoms with Gasteiger partial charge in [0.05, 0.1) is 23.0 Å². The van der Waals surface area contributed by atoms with Crippen LogP contribution in [-0.2, 0) is 9.53 Å². The van der Waals surface area contributed by atoms with E-state index in [4.69, 9.17) is 4.74 Å². The summed E-state index contributed by atoms with van der Waals surface area (Å²) >= 11 is 0. The first-order valence-corrected chi connectivity index (χ1v) is 9.71. The molecular formula is C19H28N4O6. The van der Waals surface area contributed by atoms with Crippen molar-refractivity contribution >= 4 is 28.7 Å². The van der Waals surface area contributed by atoms with Crippen molar-refractivity contribution in [3.05, 3.63) is 32.4 Å². The van der Waals surface area contributed by atoms with Gasteiger partial charge >= 0.3 is 5.97 Å². The van der Waals surface area contributed by atoms with Crippen LogP contribution in [0.4, 0.5) is 22.7 Å². The molecule has 1 N–H and O–H groups in total. The molecule has 1 aromatic rings. The zero-order chi connectivity index (χ0) is 21.7. The molecule has 1 aliphatic rings. The van der Waals surface area contributed by atoms with Crippen molar-refractivity contribution in [1.82, 2.24) is 0 Å². The van der Waals surface area contributed by atoms with Crippen LogP contribution < -0.4 is 10.2 Å². The van der Waals surface area contributed by atoms with Gasteiger partial charge in [-0.3, -0.25) is 20.2 Å². The molecule has 0 saturated heterocycles. The molecule has 0 radical (unpaired) electrons. The van der Waals surface area contributed by atoms with Gasteiger partial charge in [-0.15, -0.1) is 0 Å². The minimum atomic E-state index is -0.826. The minimum absolute atomic E-state index is 0.0577. The first-order chi connectivity index (χ1) is 13.7. The van der Waals surface area contributed by atoms with Gasteiger partial charge in [0.1, 0.15) is 17.4 Å². The number of hydrogen-bond donors (Lipinski definition) is 1. The van der Waals surface area contributed by atoms with Gasteiger partial charge < -0.3 is 15.0 Å². The molecule has 0 heterocycles. The topological polar surface area (TPSA) is 128 Å². The molecule has 29 heavy (non-hydrogen) atoms. The van der Waals surface area contributed by atoms with Crippen molar-refractivity contribution in [2.45, 2.75) is 58.0 Å². The number of nitro groups is 2. The average molecular weight is 408 g/mol. The predicted molar refractivity (Wildman–Crippen MR) is 109 cm³/mol. The summed E-state index contributed by atoms with van der Waals surface area (Å²) in [5.74, 6) is -0.772. The molecule has 2 rings (SSSR count). The number of nitrogens with one attached hydrogen (secondary N) is 1. The van der Waals surface area contributed by atoms with Gasteiger partial charge in [-0.05, 0) is 24.8 Å². The van der Waals surface area contributed by atoms with Crippen LogP contribution in [0.1, 0.15) is 46.0 Å². The number of hydrogen-bond acceptors (Lipinski definition) is 8. The smallest absolute Gasteiger partial charge is 0.328 e. The summed E-state index contributed by atoms with van der Waals surface area (Å²) in [6, 6.07) is 1.67. The first-order valence-electron chi connectivity index (χ1n) is 9.71. The Balaban J connectivity index is 2.55. The van der Waals surface area contributed by atoms with Crippen LogP contribution in [-0.4, -0.2) is 42.1 Å². The largest absolute Gasteiger partial charge is 0.467 e. The maximum Gasteiger partial charge on any atom is 0.328 e. The average Bonchev–Trinajstić information content (AvgIpc) is 2.70. The predicted octanol–water partition coefficient (Wildman–Crippen LogP) is 3.88. The van der Waals surface area contributed by atoms with E-state index in [2.05, 4.69) is 5.32 Å². The second-order valence-corrected chi connectivity index (χ2v) is 7.66. The number of methoxy groups -OCH3 is 1. The van der Waals surface area contributed by atoms with E-state index in [0.717, 1.165) is 38.2 Å². The number of esters is 1. The zero-order valence-electron chi connectivity index (χ0n) is 17.2. The normalized spacial score (nSPS) is 15.6. The van der Waals surface area contributed by atoms with E-state index >= 15 is 0 Å². The summed E-state index contributed by atoms with van der Waals surface area (Å²) in [6.45, 7) is 3.56. The molecule has 1 unspecified atom stereocenters. The van der Waals surface area contributed by atoms with E-state index in [1.165, 1.54) is 13.2 Å². The van der Waals surface area contributed by atoms with Crippen LogP contribution in [0.5, 0.6) is 0 Å². The molecule has 0 spiro atoms. The lowest BCUT2D eigenvalue weighted by Gasteiger charge is -2.33. The van der Waals surface area contributed by atoms with E-state index < -0.39 is 27.5 Å². The van der Waals surface area contributed by atoms with E-state index in [1.807, 2.05) is 4.90 Å². The highest BCUT2D eigenvalue weighted by molar-refractivity contribution is 5.84. The second kappa shape index (κ2) is 9.53. The van der Waals surface area contributed by atoms with Crippen LogP contribution in [0.2, 0.25) is 0 Å². The number of carbonyl (C=O) groups excluding carboxylic acids is 1. The molecule has 0 bridgehead atoms. The van der Waals surface area contributed by atoms with Crippen LogP contribution in [0.15, 0.2) is 12.1 Å². The third-order valence-corrected chi connectivity index (χ3v) is 5.42. The number of nitro benzene ring substituents is 2. The van der Waals surface area contributed by atoms with Crippen LogP contribution in [0.3, 0.4) is 0 Å². The first kappa shape index (κ1) is 22.4. The molecular weight excluding hydrogens is 380 g/mol. The number of benzene rings is 1. The third-order valence-electron chi connectivity index (χ3n) is 5.42. The van der Waals surface area contributed by atoms with Gasteiger partial charge in [0.15, 0.2) is 0 Å². The van der Waals surface area contributed by atoms with Gasteiger partial charge in [-0.2, -0.15) is 0 Å². The zero-order valence-corrected chi connectivity index (χ0v) is 17.2. The number of carbonyl (C=O) groups is 1. The standard InChI is InChI=1S/C19H28N4O6/c1-12(2)18(19(24)29-4)20-14-10-16(21(3)13-8-6-5-7-9-13)17(23(27)28)11-15(14)22(25)26/h10-13,18,20H,5-9H2,1-4H3. The van der Waals surface area contributed by atoms with Crippen molar-refractivity contribution < 1.29 is 19.4 Å². The molecule has 1 fully saturated rings. The van der Waals surface area contributed by atoms with Crippen LogP contribution in [0.25, 0.3) is 0 Å². The Morgan fingerprint density at radius 2 is 1.72 bits per heavy atom. The highest BCUT2D eigenvalue weighted by Gasteiger charge is 2.32. The quantitative estimate of drug-likeness (QED) is 0.390. The molecule has 10 nitrogen and oxygen atoms in total. The Bertz CT molecular complexity index is 776. The molecule has 160 valence electrons. The Hall–Kier alpha value is -2.91. The minimum Gasteiger partial charge on any atom is -0.467 e. The van der Waals surface area contributed by atoms with Crippen molar-refractivity contribution in [3.63, 3.8) is 0 Å². The van der Waals surface area contributed by atoms with Crippen molar-refractivity contribution in [2.24, 2.45) is 5.92 Å². The molecule has 1 aromatic carbocycles. The summed E-state index contributed by atoms with van der Waals surface area (Å²) in [7, 11) is 3.01. The highest BCUT2D eigenvalue weighted by atomic mass is 16.6. The summed E-state index contributed by atoms with van der Waals surface area (Å²) in [5, 5.41) is 26.1. The van der Waals surface area contributed by atoms with Crippen molar-refractivity contribution in [3.8, 4) is 0 Å². The van der Waals surface area contributed by atoms with Crippen LogP contribution >= 0.6 is 0 Å². The Labute approximate surface area is 169 Å².